The zero-order valence-corrected chi connectivity index (χ0v) is 15.5. The molecule has 1 heterocycles. The minimum Gasteiger partial charge on any atom is -0.497 e. The summed E-state index contributed by atoms with van der Waals surface area (Å²) in [6.07, 6.45) is 0. The number of aromatic nitrogens is 2. The number of guanidine groups is 1. The summed E-state index contributed by atoms with van der Waals surface area (Å²) in [5.74, 6) is 0.898. The first kappa shape index (κ1) is 18.5. The van der Waals surface area contributed by atoms with Gasteiger partial charge in [0.15, 0.2) is 0 Å². The lowest BCUT2D eigenvalue weighted by atomic mass is 10.2. The van der Waals surface area contributed by atoms with Crippen molar-refractivity contribution in [2.24, 2.45) is 5.73 Å². The van der Waals surface area contributed by atoms with Crippen LogP contribution in [0.2, 0.25) is 0 Å². The Morgan fingerprint density at radius 1 is 1.15 bits per heavy atom. The lowest BCUT2D eigenvalue weighted by Crippen LogP contribution is -2.82. The number of rotatable bonds is 3. The van der Waals surface area contributed by atoms with Gasteiger partial charge in [0.2, 0.25) is 0 Å². The van der Waals surface area contributed by atoms with Crippen LogP contribution >= 0.6 is 12.2 Å². The molecule has 0 fully saturated rings. The van der Waals surface area contributed by atoms with Crippen molar-refractivity contribution < 1.29 is 14.1 Å². The molecule has 0 saturated heterocycles. The molecule has 0 bridgehead atoms. The minimum atomic E-state index is -0.325. The van der Waals surface area contributed by atoms with E-state index in [0.29, 0.717) is 11.6 Å². The number of nitrogens with one attached hydrogen (secondary N) is 3. The van der Waals surface area contributed by atoms with Crippen LogP contribution in [-0.4, -0.2) is 28.1 Å². The van der Waals surface area contributed by atoms with Gasteiger partial charge in [-0.1, -0.05) is 0 Å². The Kier molecular flexibility index (Phi) is 5.41. The second kappa shape index (κ2) is 7.92. The Morgan fingerprint density at radius 3 is 2.59 bits per heavy atom. The number of benzene rings is 2. The van der Waals surface area contributed by atoms with E-state index in [1.165, 1.54) is 12.1 Å². The van der Waals surface area contributed by atoms with E-state index in [1.807, 2.05) is 25.1 Å². The second-order valence-electron chi connectivity index (χ2n) is 5.64. The maximum Gasteiger partial charge on any atom is 0.312 e. The molecule has 3 aromatic rings. The molecular formula is C18H18FN6OS+. The van der Waals surface area contributed by atoms with Crippen LogP contribution in [-0.2, 0) is 0 Å². The Labute approximate surface area is 160 Å². The van der Waals surface area contributed by atoms with Gasteiger partial charge < -0.3 is 10.5 Å². The van der Waals surface area contributed by atoms with Crippen molar-refractivity contribution in [2.75, 3.05) is 17.7 Å². The first-order valence-corrected chi connectivity index (χ1v) is 8.41. The van der Waals surface area contributed by atoms with Crippen molar-refractivity contribution in [1.82, 2.24) is 9.97 Å². The normalized spacial score (nSPS) is 11.3. The quantitative estimate of drug-likeness (QED) is 0.306. The highest BCUT2D eigenvalue weighted by molar-refractivity contribution is 7.80. The maximum absolute atomic E-state index is 12.9. The van der Waals surface area contributed by atoms with Crippen LogP contribution < -0.4 is 26.1 Å². The van der Waals surface area contributed by atoms with Gasteiger partial charge in [-0.3, -0.25) is 5.32 Å². The molecule has 5 N–H and O–H groups in total. The Morgan fingerprint density at radius 2 is 1.89 bits per heavy atom. The van der Waals surface area contributed by atoms with Gasteiger partial charge in [-0.15, -0.1) is 0 Å². The first-order valence-electron chi connectivity index (χ1n) is 8.00. The molecule has 7 nitrogen and oxygen atoms in total. The minimum absolute atomic E-state index is 0.155. The Balaban J connectivity index is 1.74. The van der Waals surface area contributed by atoms with Crippen molar-refractivity contribution in [3.63, 3.8) is 0 Å². The molecule has 0 amide bonds. The molecule has 27 heavy (non-hydrogen) atoms. The fraction of sp³-hybridized carbons (Fsp3) is 0.111. The molecule has 0 aliphatic heterocycles. The molecule has 3 rings (SSSR count). The number of thiocarbonyl (C=S) groups is 1. The number of ether oxygens (including phenoxy) is 1. The van der Waals surface area contributed by atoms with Crippen LogP contribution in [0.1, 0.15) is 5.69 Å². The summed E-state index contributed by atoms with van der Waals surface area (Å²) in [4.78, 5) is 11.6. The second-order valence-corrected chi connectivity index (χ2v) is 6.05. The summed E-state index contributed by atoms with van der Waals surface area (Å²) in [5.41, 5.74) is 8.10. The number of anilines is 2. The lowest BCUT2D eigenvalue weighted by molar-refractivity contribution is -0.311. The lowest BCUT2D eigenvalue weighted by Gasteiger charge is -2.07. The van der Waals surface area contributed by atoms with Gasteiger partial charge in [-0.05, 0) is 61.6 Å². The van der Waals surface area contributed by atoms with Crippen LogP contribution in [0.25, 0.3) is 10.9 Å². The van der Waals surface area contributed by atoms with Crippen LogP contribution in [0.5, 0.6) is 5.75 Å². The summed E-state index contributed by atoms with van der Waals surface area (Å²) >= 11 is 5.18. The zero-order chi connectivity index (χ0) is 19.4. The number of aryl methyl sites for hydroxylation is 1. The van der Waals surface area contributed by atoms with Gasteiger partial charge in [0.05, 0.1) is 24.0 Å². The summed E-state index contributed by atoms with van der Waals surface area (Å²) in [6.45, 7) is 1.87. The fourth-order valence-electron chi connectivity index (χ4n) is 2.41. The number of fused-ring (bicyclic) bond motifs is 1. The van der Waals surface area contributed by atoms with Gasteiger partial charge in [-0.2, -0.15) is 0 Å². The topological polar surface area (TPSA) is 99.1 Å². The SMILES string of the molecule is COc1ccc2nc(NC(N)=[NH+]C(=S)Nc3ccc(F)cc3)nc(C)c2c1. The highest BCUT2D eigenvalue weighted by Gasteiger charge is 2.10. The van der Waals surface area contributed by atoms with E-state index < -0.39 is 0 Å². The smallest absolute Gasteiger partial charge is 0.312 e. The molecule has 0 unspecified atom stereocenters. The standard InChI is InChI=1S/C18H17FN6OS/c1-10-14-9-13(26-2)7-8-15(14)23-17(21-10)24-16(20)25-18(27)22-12-5-3-11(19)4-6-12/h3-9H,1-2H3,(H4,20,21,22,23,24,25,27)/p+1. The average Bonchev–Trinajstić information content (AvgIpc) is 2.63. The molecule has 2 aromatic carbocycles. The predicted molar refractivity (Wildman–Crippen MR) is 107 cm³/mol. The summed E-state index contributed by atoms with van der Waals surface area (Å²) in [7, 11) is 1.61. The largest absolute Gasteiger partial charge is 0.497 e. The number of hydrogen-bond donors (Lipinski definition) is 4. The van der Waals surface area contributed by atoms with Crippen molar-refractivity contribution in [3.8, 4) is 5.75 Å². The monoisotopic (exact) mass is 385 g/mol. The molecule has 138 valence electrons. The molecule has 0 radical (unpaired) electrons. The van der Waals surface area contributed by atoms with E-state index in [4.69, 9.17) is 22.7 Å². The molecule has 0 aliphatic carbocycles. The summed E-state index contributed by atoms with van der Waals surface area (Å²) in [6, 6.07) is 11.3. The maximum atomic E-state index is 12.9. The molecule has 0 atom stereocenters. The third-order valence-corrected chi connectivity index (χ3v) is 3.89. The molecule has 0 saturated carbocycles. The van der Waals surface area contributed by atoms with E-state index in [0.717, 1.165) is 22.3 Å². The molecular weight excluding hydrogens is 367 g/mol. The number of nitrogens with zero attached hydrogens (tertiary/aromatic N) is 2. The highest BCUT2D eigenvalue weighted by Crippen LogP contribution is 2.22. The van der Waals surface area contributed by atoms with E-state index in [2.05, 4.69) is 25.6 Å². The molecule has 1 aromatic heterocycles. The number of hydrogen-bond acceptors (Lipinski definition) is 4. The van der Waals surface area contributed by atoms with Crippen molar-refractivity contribution in [1.29, 1.82) is 0 Å². The molecule has 9 heteroatoms. The number of methoxy groups -OCH3 is 1. The average molecular weight is 385 g/mol. The van der Waals surface area contributed by atoms with Crippen LogP contribution in [0.4, 0.5) is 16.0 Å². The van der Waals surface area contributed by atoms with Crippen LogP contribution in [0.3, 0.4) is 0 Å². The van der Waals surface area contributed by atoms with Gasteiger partial charge in [0.25, 0.3) is 11.1 Å². The third kappa shape index (κ3) is 4.64. The van der Waals surface area contributed by atoms with E-state index in [-0.39, 0.29) is 16.9 Å². The summed E-state index contributed by atoms with van der Waals surface area (Å²) in [5, 5.41) is 6.90. The predicted octanol–water partition coefficient (Wildman–Crippen LogP) is 1.29. The third-order valence-electron chi connectivity index (χ3n) is 3.69. The first-order chi connectivity index (χ1) is 12.9. The highest BCUT2D eigenvalue weighted by atomic mass is 32.1. The van der Waals surface area contributed by atoms with Crippen molar-refractivity contribution in [3.05, 3.63) is 54.0 Å². The zero-order valence-electron chi connectivity index (χ0n) is 14.7. The van der Waals surface area contributed by atoms with Gasteiger partial charge >= 0.3 is 5.96 Å². The van der Waals surface area contributed by atoms with Gasteiger partial charge in [0, 0.05) is 5.39 Å². The number of halogens is 1. The summed E-state index contributed by atoms with van der Waals surface area (Å²) < 4.78 is 18.2. The van der Waals surface area contributed by atoms with Gasteiger partial charge in [-0.25, -0.2) is 24.7 Å². The van der Waals surface area contributed by atoms with E-state index in [1.54, 1.807) is 19.2 Å². The fourth-order valence-corrected chi connectivity index (χ4v) is 2.64. The van der Waals surface area contributed by atoms with E-state index in [9.17, 15) is 4.39 Å². The molecule has 0 aliphatic rings. The van der Waals surface area contributed by atoms with E-state index >= 15 is 0 Å². The van der Waals surface area contributed by atoms with Crippen LogP contribution in [0.15, 0.2) is 42.5 Å². The number of nitrogens with two attached hydrogens (primary N) is 1. The Bertz CT molecular complexity index is 1020. The molecule has 0 spiro atoms. The Hall–Kier alpha value is -3.33. The van der Waals surface area contributed by atoms with Crippen molar-refractivity contribution in [2.45, 2.75) is 6.92 Å². The van der Waals surface area contributed by atoms with Gasteiger partial charge in [0.1, 0.15) is 11.6 Å². The van der Waals surface area contributed by atoms with Crippen LogP contribution in [0, 0.1) is 12.7 Å². The van der Waals surface area contributed by atoms with Crippen molar-refractivity contribution >= 4 is 45.8 Å².